The standard InChI is InChI=1S/C24H20F4N2O2S/c1-14-12-30-22(15(2)29-23(30)33-14)21(31)10-4-16-3-9-19(20(25)11-16)17-5-7-18(8-6-17)32-13-24(26,27)28/h3,5-9,11-12H,4,10,13H2,1-2H3. The molecule has 0 atom stereocenters. The Kier molecular flexibility index (Phi) is 6.25. The fourth-order valence-electron chi connectivity index (χ4n) is 3.62. The van der Waals surface area contributed by atoms with E-state index in [-0.39, 0.29) is 18.0 Å². The molecule has 4 rings (SSSR count). The number of alkyl halides is 3. The number of hydrogen-bond acceptors (Lipinski definition) is 4. The number of carbonyl (C=O) groups is 1. The SMILES string of the molecule is Cc1cn2c(C(=O)CCc3ccc(-c4ccc(OCC(F)(F)F)cc4)c(F)c3)c(C)nc2s1. The van der Waals surface area contributed by atoms with E-state index in [1.807, 2.05) is 17.5 Å². The molecule has 0 amide bonds. The van der Waals surface area contributed by atoms with E-state index < -0.39 is 18.6 Å². The number of halogens is 4. The summed E-state index contributed by atoms with van der Waals surface area (Å²) in [5, 5.41) is 0. The van der Waals surface area contributed by atoms with Gasteiger partial charge >= 0.3 is 6.18 Å². The largest absolute Gasteiger partial charge is 0.484 e. The van der Waals surface area contributed by atoms with Crippen molar-refractivity contribution in [3.05, 3.63) is 76.3 Å². The minimum absolute atomic E-state index is 0.0525. The summed E-state index contributed by atoms with van der Waals surface area (Å²) < 4.78 is 58.0. The summed E-state index contributed by atoms with van der Waals surface area (Å²) in [6.07, 6.45) is -1.95. The molecule has 0 aliphatic carbocycles. The van der Waals surface area contributed by atoms with Gasteiger partial charge in [0.15, 0.2) is 17.4 Å². The van der Waals surface area contributed by atoms with Crippen LogP contribution in [0.3, 0.4) is 0 Å². The molecule has 0 unspecified atom stereocenters. The first-order valence-electron chi connectivity index (χ1n) is 10.2. The van der Waals surface area contributed by atoms with Crippen molar-refractivity contribution < 1.29 is 27.1 Å². The number of thiazole rings is 1. The zero-order valence-corrected chi connectivity index (χ0v) is 18.7. The summed E-state index contributed by atoms with van der Waals surface area (Å²) in [6.45, 7) is 2.37. The summed E-state index contributed by atoms with van der Waals surface area (Å²) >= 11 is 1.52. The molecule has 0 aliphatic rings. The summed E-state index contributed by atoms with van der Waals surface area (Å²) in [5.74, 6) is -0.478. The predicted octanol–water partition coefficient (Wildman–Crippen LogP) is 6.58. The molecule has 4 nitrogen and oxygen atoms in total. The Balaban J connectivity index is 1.43. The van der Waals surface area contributed by atoms with E-state index in [0.717, 1.165) is 9.84 Å². The maximum absolute atomic E-state index is 14.7. The lowest BCUT2D eigenvalue weighted by Crippen LogP contribution is -2.19. The van der Waals surface area contributed by atoms with E-state index in [0.29, 0.717) is 34.5 Å². The van der Waals surface area contributed by atoms with Crippen molar-refractivity contribution in [2.24, 2.45) is 0 Å². The van der Waals surface area contributed by atoms with Crippen LogP contribution in [0.4, 0.5) is 17.6 Å². The van der Waals surface area contributed by atoms with Gasteiger partial charge < -0.3 is 4.74 Å². The van der Waals surface area contributed by atoms with Crippen LogP contribution in [0.5, 0.6) is 5.75 Å². The molecule has 0 radical (unpaired) electrons. The second-order valence-electron chi connectivity index (χ2n) is 7.71. The molecule has 2 aromatic carbocycles. The second kappa shape index (κ2) is 8.97. The van der Waals surface area contributed by atoms with Crippen LogP contribution in [0.1, 0.15) is 33.0 Å². The first-order chi connectivity index (χ1) is 15.6. The molecule has 0 spiro atoms. The summed E-state index contributed by atoms with van der Waals surface area (Å²) in [7, 11) is 0. The van der Waals surface area contributed by atoms with Gasteiger partial charge in [0.25, 0.3) is 0 Å². The average Bonchev–Trinajstić information content (AvgIpc) is 3.24. The molecule has 0 fully saturated rings. The summed E-state index contributed by atoms with van der Waals surface area (Å²) in [6, 6.07) is 10.5. The number of ketones is 1. The molecule has 33 heavy (non-hydrogen) atoms. The number of Topliss-reactive ketones (excluding diaryl/α,β-unsaturated/α-hetero) is 1. The number of rotatable bonds is 7. The third-order valence-electron chi connectivity index (χ3n) is 5.12. The first-order valence-corrected chi connectivity index (χ1v) is 11.0. The quantitative estimate of drug-likeness (QED) is 0.224. The van der Waals surface area contributed by atoms with Gasteiger partial charge in [0.2, 0.25) is 0 Å². The highest BCUT2D eigenvalue weighted by Crippen LogP contribution is 2.28. The molecule has 0 saturated carbocycles. The molecule has 4 aromatic rings. The van der Waals surface area contributed by atoms with Crippen molar-refractivity contribution >= 4 is 22.1 Å². The Hall–Kier alpha value is -3.20. The Morgan fingerprint density at radius 2 is 1.85 bits per heavy atom. The smallest absolute Gasteiger partial charge is 0.422 e. The van der Waals surface area contributed by atoms with E-state index in [2.05, 4.69) is 9.72 Å². The number of hydrogen-bond donors (Lipinski definition) is 0. The van der Waals surface area contributed by atoms with Crippen LogP contribution in [-0.2, 0) is 6.42 Å². The van der Waals surface area contributed by atoms with Crippen molar-refractivity contribution in [3.8, 4) is 16.9 Å². The summed E-state index contributed by atoms with van der Waals surface area (Å²) in [5.41, 5.74) is 2.73. The van der Waals surface area contributed by atoms with Crippen LogP contribution in [0.2, 0.25) is 0 Å². The van der Waals surface area contributed by atoms with E-state index >= 15 is 0 Å². The lowest BCUT2D eigenvalue weighted by molar-refractivity contribution is -0.153. The van der Waals surface area contributed by atoms with Crippen LogP contribution >= 0.6 is 11.3 Å². The molecule has 9 heteroatoms. The van der Waals surface area contributed by atoms with Gasteiger partial charge in [-0.1, -0.05) is 24.3 Å². The second-order valence-corrected chi connectivity index (χ2v) is 8.92. The van der Waals surface area contributed by atoms with Crippen LogP contribution in [-0.4, -0.2) is 28.0 Å². The number of fused-ring (bicyclic) bond motifs is 1. The molecule has 0 aliphatic heterocycles. The first kappa shape index (κ1) is 23.0. The summed E-state index contributed by atoms with van der Waals surface area (Å²) in [4.78, 5) is 19.1. The monoisotopic (exact) mass is 476 g/mol. The maximum Gasteiger partial charge on any atom is 0.422 e. The third-order valence-corrected chi connectivity index (χ3v) is 6.02. The minimum atomic E-state index is -4.42. The van der Waals surface area contributed by atoms with Crippen LogP contribution in [0.15, 0.2) is 48.7 Å². The Morgan fingerprint density at radius 3 is 2.52 bits per heavy atom. The average molecular weight is 476 g/mol. The number of aryl methyl sites for hydroxylation is 3. The molecule has 0 bridgehead atoms. The molecular formula is C24H20F4N2O2S. The maximum atomic E-state index is 14.7. The van der Waals surface area contributed by atoms with Gasteiger partial charge in [-0.05, 0) is 49.6 Å². The highest BCUT2D eigenvalue weighted by atomic mass is 32.1. The lowest BCUT2D eigenvalue weighted by Gasteiger charge is -2.10. The highest BCUT2D eigenvalue weighted by molar-refractivity contribution is 7.17. The van der Waals surface area contributed by atoms with Crippen molar-refractivity contribution in [2.75, 3.05) is 6.61 Å². The van der Waals surface area contributed by atoms with E-state index in [1.54, 1.807) is 19.1 Å². The number of imidazole rings is 1. The fourth-order valence-corrected chi connectivity index (χ4v) is 4.49. The van der Waals surface area contributed by atoms with E-state index in [1.165, 1.54) is 41.7 Å². The third kappa shape index (κ3) is 5.24. The van der Waals surface area contributed by atoms with Gasteiger partial charge in [-0.25, -0.2) is 9.37 Å². The van der Waals surface area contributed by atoms with Crippen LogP contribution in [0.25, 0.3) is 16.1 Å². The fraction of sp³-hybridized carbons (Fsp3) is 0.250. The van der Waals surface area contributed by atoms with Crippen molar-refractivity contribution in [1.82, 2.24) is 9.38 Å². The number of carbonyl (C=O) groups excluding carboxylic acids is 1. The number of ether oxygens (including phenoxy) is 1. The topological polar surface area (TPSA) is 43.6 Å². The minimum Gasteiger partial charge on any atom is -0.484 e. The molecule has 0 saturated heterocycles. The van der Waals surface area contributed by atoms with Gasteiger partial charge in [0.05, 0.1) is 5.69 Å². The Bertz CT molecular complexity index is 1310. The Labute approximate surface area is 191 Å². The van der Waals surface area contributed by atoms with Gasteiger partial charge in [-0.2, -0.15) is 13.2 Å². The normalized spacial score (nSPS) is 11.8. The van der Waals surface area contributed by atoms with Crippen molar-refractivity contribution in [1.29, 1.82) is 0 Å². The lowest BCUT2D eigenvalue weighted by atomic mass is 10.00. The van der Waals surface area contributed by atoms with Gasteiger partial charge in [0.1, 0.15) is 17.3 Å². The molecule has 0 N–H and O–H groups in total. The van der Waals surface area contributed by atoms with Gasteiger partial charge in [-0.3, -0.25) is 9.20 Å². The predicted molar refractivity (Wildman–Crippen MR) is 119 cm³/mol. The Morgan fingerprint density at radius 1 is 1.12 bits per heavy atom. The molecule has 2 aromatic heterocycles. The number of aromatic nitrogens is 2. The van der Waals surface area contributed by atoms with Crippen LogP contribution in [0, 0.1) is 19.7 Å². The molecular weight excluding hydrogens is 456 g/mol. The van der Waals surface area contributed by atoms with Gasteiger partial charge in [0, 0.05) is 23.1 Å². The number of benzene rings is 2. The van der Waals surface area contributed by atoms with Crippen molar-refractivity contribution in [2.45, 2.75) is 32.9 Å². The van der Waals surface area contributed by atoms with E-state index in [9.17, 15) is 22.4 Å². The van der Waals surface area contributed by atoms with Gasteiger partial charge in [-0.15, -0.1) is 11.3 Å². The van der Waals surface area contributed by atoms with Crippen LogP contribution < -0.4 is 4.74 Å². The van der Waals surface area contributed by atoms with E-state index in [4.69, 9.17) is 0 Å². The number of nitrogens with zero attached hydrogens (tertiary/aromatic N) is 2. The highest BCUT2D eigenvalue weighted by Gasteiger charge is 2.28. The zero-order valence-electron chi connectivity index (χ0n) is 17.9. The van der Waals surface area contributed by atoms with Crippen molar-refractivity contribution in [3.63, 3.8) is 0 Å². The molecule has 2 heterocycles. The zero-order chi connectivity index (χ0) is 23.8. The molecule has 172 valence electrons.